The summed E-state index contributed by atoms with van der Waals surface area (Å²) in [5, 5.41) is 11.5. The van der Waals surface area contributed by atoms with Gasteiger partial charge in [0, 0.05) is 23.0 Å². The van der Waals surface area contributed by atoms with Crippen LogP contribution in [0.2, 0.25) is 0 Å². The van der Waals surface area contributed by atoms with Gasteiger partial charge in [-0.05, 0) is 19.2 Å². The summed E-state index contributed by atoms with van der Waals surface area (Å²) in [5.41, 5.74) is 0. The highest BCUT2D eigenvalue weighted by Gasteiger charge is 2.14. The summed E-state index contributed by atoms with van der Waals surface area (Å²) >= 11 is 1.50. The molecular weight excluding hydrogens is 200 g/mol. The zero-order valence-electron chi connectivity index (χ0n) is 7.80. The Morgan fingerprint density at radius 3 is 2.79 bits per heavy atom. The van der Waals surface area contributed by atoms with Gasteiger partial charge < -0.3 is 10.4 Å². The van der Waals surface area contributed by atoms with Crippen LogP contribution >= 0.6 is 11.8 Å². The van der Waals surface area contributed by atoms with Gasteiger partial charge in [0.05, 0.1) is 0 Å². The Kier molecular flexibility index (Phi) is 4.42. The number of hydrogen-bond donors (Lipinski definition) is 2. The number of likely N-dealkylation sites (N-methyl/N-ethyl adjacent to an activating group) is 1. The number of nitrogens with one attached hydrogen (secondary N) is 1. The molecule has 5 heteroatoms. The van der Waals surface area contributed by atoms with Crippen molar-refractivity contribution in [3.05, 3.63) is 24.5 Å². The molecule has 1 atom stereocenters. The first kappa shape index (κ1) is 11.0. The molecule has 0 saturated carbocycles. The second-order valence-corrected chi connectivity index (χ2v) is 3.77. The number of nitrogens with zero attached hydrogens (tertiary/aromatic N) is 1. The normalized spacial score (nSPS) is 12.4. The second kappa shape index (κ2) is 5.62. The number of aromatic nitrogens is 1. The van der Waals surface area contributed by atoms with Gasteiger partial charge in [-0.2, -0.15) is 0 Å². The number of carbonyl (C=O) groups is 1. The van der Waals surface area contributed by atoms with E-state index in [0.717, 1.165) is 4.90 Å². The van der Waals surface area contributed by atoms with Crippen molar-refractivity contribution in [3.63, 3.8) is 0 Å². The van der Waals surface area contributed by atoms with Crippen LogP contribution in [-0.2, 0) is 4.79 Å². The number of aliphatic carboxylic acids is 1. The van der Waals surface area contributed by atoms with Gasteiger partial charge in [-0.15, -0.1) is 11.8 Å². The molecule has 0 aromatic carbocycles. The Morgan fingerprint density at radius 2 is 2.29 bits per heavy atom. The summed E-state index contributed by atoms with van der Waals surface area (Å²) in [6.45, 7) is 0. The molecule has 0 bridgehead atoms. The molecule has 1 rings (SSSR count). The molecule has 0 fully saturated rings. The van der Waals surface area contributed by atoms with Gasteiger partial charge in [0.15, 0.2) is 0 Å². The van der Waals surface area contributed by atoms with Crippen molar-refractivity contribution >= 4 is 17.7 Å². The molecule has 0 aliphatic carbocycles. The molecule has 14 heavy (non-hydrogen) atoms. The monoisotopic (exact) mass is 212 g/mol. The molecule has 1 heterocycles. The highest BCUT2D eigenvalue weighted by Crippen LogP contribution is 2.16. The third-order valence-corrected chi connectivity index (χ3v) is 2.82. The molecule has 1 unspecified atom stereocenters. The van der Waals surface area contributed by atoms with Crippen LogP contribution in [0.4, 0.5) is 0 Å². The fraction of sp³-hybridized carbons (Fsp3) is 0.333. The minimum absolute atomic E-state index is 0.506. The molecule has 0 spiro atoms. The lowest BCUT2D eigenvalue weighted by Crippen LogP contribution is -2.35. The minimum atomic E-state index is -0.825. The predicted molar refractivity (Wildman–Crippen MR) is 55.4 cm³/mol. The van der Waals surface area contributed by atoms with Gasteiger partial charge in [0.2, 0.25) is 0 Å². The highest BCUT2D eigenvalue weighted by atomic mass is 32.2. The Hall–Kier alpha value is -1.07. The lowest BCUT2D eigenvalue weighted by atomic mass is 10.3. The van der Waals surface area contributed by atoms with Crippen molar-refractivity contribution < 1.29 is 9.90 Å². The number of thioether (sulfide) groups is 1. The van der Waals surface area contributed by atoms with Crippen LogP contribution in [0.15, 0.2) is 29.4 Å². The van der Waals surface area contributed by atoms with E-state index >= 15 is 0 Å². The lowest BCUT2D eigenvalue weighted by molar-refractivity contribution is -0.138. The van der Waals surface area contributed by atoms with Gasteiger partial charge in [-0.1, -0.05) is 0 Å². The van der Waals surface area contributed by atoms with E-state index in [1.807, 2.05) is 12.1 Å². The van der Waals surface area contributed by atoms with Crippen LogP contribution < -0.4 is 5.32 Å². The zero-order chi connectivity index (χ0) is 10.4. The van der Waals surface area contributed by atoms with Crippen LogP contribution in [0.1, 0.15) is 0 Å². The van der Waals surface area contributed by atoms with Gasteiger partial charge in [-0.3, -0.25) is 9.78 Å². The van der Waals surface area contributed by atoms with E-state index in [2.05, 4.69) is 10.3 Å². The molecule has 76 valence electrons. The molecule has 0 radical (unpaired) electrons. The predicted octanol–water partition coefficient (Wildman–Crippen LogP) is 0.846. The fourth-order valence-corrected chi connectivity index (χ4v) is 1.87. The maximum Gasteiger partial charge on any atom is 0.321 e. The van der Waals surface area contributed by atoms with Gasteiger partial charge >= 0.3 is 5.97 Å². The molecule has 0 saturated heterocycles. The summed E-state index contributed by atoms with van der Waals surface area (Å²) in [6.07, 6.45) is 3.38. The first-order chi connectivity index (χ1) is 6.74. The second-order valence-electron chi connectivity index (χ2n) is 2.67. The molecule has 0 aliphatic heterocycles. The van der Waals surface area contributed by atoms with Crippen molar-refractivity contribution in [3.8, 4) is 0 Å². The van der Waals surface area contributed by atoms with Gasteiger partial charge in [0.25, 0.3) is 0 Å². The standard InChI is InChI=1S/C9H12N2O2S/c1-10-8(9(12)13)6-14-7-2-4-11-5-3-7/h2-5,8,10H,6H2,1H3,(H,12,13). The van der Waals surface area contributed by atoms with Crippen molar-refractivity contribution in [2.24, 2.45) is 0 Å². The number of carboxylic acid groups (broad SMARTS) is 1. The van der Waals surface area contributed by atoms with Crippen molar-refractivity contribution in [1.82, 2.24) is 10.3 Å². The molecule has 1 aromatic heterocycles. The molecule has 2 N–H and O–H groups in total. The van der Waals surface area contributed by atoms with E-state index in [9.17, 15) is 4.79 Å². The SMILES string of the molecule is CNC(CSc1ccncc1)C(=O)O. The maximum atomic E-state index is 10.7. The topological polar surface area (TPSA) is 62.2 Å². The van der Waals surface area contributed by atoms with Crippen LogP contribution in [0.5, 0.6) is 0 Å². The smallest absolute Gasteiger partial charge is 0.321 e. The largest absolute Gasteiger partial charge is 0.480 e. The lowest BCUT2D eigenvalue weighted by Gasteiger charge is -2.09. The molecular formula is C9H12N2O2S. The van der Waals surface area contributed by atoms with Crippen LogP contribution in [0.3, 0.4) is 0 Å². The average Bonchev–Trinajstić information content (AvgIpc) is 2.20. The summed E-state index contributed by atoms with van der Waals surface area (Å²) in [7, 11) is 1.64. The van der Waals surface area contributed by atoms with Crippen molar-refractivity contribution in [2.45, 2.75) is 10.9 Å². The van der Waals surface area contributed by atoms with Crippen molar-refractivity contribution in [1.29, 1.82) is 0 Å². The van der Waals surface area contributed by atoms with E-state index < -0.39 is 12.0 Å². The zero-order valence-corrected chi connectivity index (χ0v) is 8.62. The van der Waals surface area contributed by atoms with Crippen molar-refractivity contribution in [2.75, 3.05) is 12.8 Å². The Bertz CT molecular complexity index is 292. The Labute approximate surface area is 86.7 Å². The fourth-order valence-electron chi connectivity index (χ4n) is 0.892. The summed E-state index contributed by atoms with van der Waals surface area (Å²) in [6, 6.07) is 3.21. The number of rotatable bonds is 5. The van der Waals surface area contributed by atoms with Gasteiger partial charge in [-0.25, -0.2) is 0 Å². The van der Waals surface area contributed by atoms with Crippen LogP contribution in [0, 0.1) is 0 Å². The highest BCUT2D eigenvalue weighted by molar-refractivity contribution is 7.99. The maximum absolute atomic E-state index is 10.7. The van der Waals surface area contributed by atoms with E-state index in [-0.39, 0.29) is 0 Å². The van der Waals surface area contributed by atoms with E-state index in [1.165, 1.54) is 11.8 Å². The Morgan fingerprint density at radius 1 is 1.64 bits per heavy atom. The van der Waals surface area contributed by atoms with Crippen LogP contribution in [0.25, 0.3) is 0 Å². The van der Waals surface area contributed by atoms with E-state index in [4.69, 9.17) is 5.11 Å². The van der Waals surface area contributed by atoms with E-state index in [1.54, 1.807) is 19.4 Å². The summed E-state index contributed by atoms with van der Waals surface area (Å²) in [5.74, 6) is -0.315. The number of carboxylic acids is 1. The Balaban J connectivity index is 2.44. The molecule has 1 aromatic rings. The molecule has 0 aliphatic rings. The molecule has 0 amide bonds. The average molecular weight is 212 g/mol. The molecule has 4 nitrogen and oxygen atoms in total. The first-order valence-corrected chi connectivity index (χ1v) is 5.15. The first-order valence-electron chi connectivity index (χ1n) is 4.17. The van der Waals surface area contributed by atoms with Crippen LogP contribution in [-0.4, -0.2) is 34.9 Å². The summed E-state index contributed by atoms with van der Waals surface area (Å²) < 4.78 is 0. The summed E-state index contributed by atoms with van der Waals surface area (Å²) in [4.78, 5) is 15.6. The number of hydrogen-bond acceptors (Lipinski definition) is 4. The minimum Gasteiger partial charge on any atom is -0.480 e. The van der Waals surface area contributed by atoms with Gasteiger partial charge in [0.1, 0.15) is 6.04 Å². The number of pyridine rings is 1. The quantitative estimate of drug-likeness (QED) is 0.708. The third-order valence-electron chi connectivity index (χ3n) is 1.71. The third kappa shape index (κ3) is 3.35. The van der Waals surface area contributed by atoms with E-state index in [0.29, 0.717) is 5.75 Å².